The van der Waals surface area contributed by atoms with Crippen molar-refractivity contribution < 1.29 is 24.0 Å². The first kappa shape index (κ1) is 20.3. The smallest absolute Gasteiger partial charge is 0.305 e. The molecule has 0 aliphatic rings. The van der Waals surface area contributed by atoms with E-state index in [0.717, 1.165) is 38.5 Å². The van der Waals surface area contributed by atoms with E-state index >= 15 is 0 Å². The van der Waals surface area contributed by atoms with E-state index in [0.29, 0.717) is 12.8 Å². The van der Waals surface area contributed by atoms with Crippen LogP contribution in [0.5, 0.6) is 0 Å². The van der Waals surface area contributed by atoms with Crippen LogP contribution in [0.25, 0.3) is 0 Å². The number of carbonyl (C=O) groups excluding carboxylic acids is 2. The third-order valence-electron chi connectivity index (χ3n) is 3.60. The topological polar surface area (TPSA) is 95.7 Å². The van der Waals surface area contributed by atoms with Crippen LogP contribution in [0.2, 0.25) is 0 Å². The van der Waals surface area contributed by atoms with Crippen molar-refractivity contribution >= 4 is 11.9 Å². The molecule has 0 aromatic heterocycles. The van der Waals surface area contributed by atoms with Gasteiger partial charge in [-0.3, -0.25) is 19.7 Å². The number of nitro groups is 1. The van der Waals surface area contributed by atoms with Crippen LogP contribution in [0.3, 0.4) is 0 Å². The molecule has 128 valence electrons. The summed E-state index contributed by atoms with van der Waals surface area (Å²) < 4.78 is 9.05. The van der Waals surface area contributed by atoms with E-state index in [1.165, 1.54) is 14.2 Å². The van der Waals surface area contributed by atoms with Crippen LogP contribution < -0.4 is 0 Å². The Morgan fingerprint density at radius 3 is 1.91 bits per heavy atom. The molecule has 0 radical (unpaired) electrons. The van der Waals surface area contributed by atoms with Crippen molar-refractivity contribution in [1.82, 2.24) is 0 Å². The van der Waals surface area contributed by atoms with Gasteiger partial charge in [-0.2, -0.15) is 0 Å². The fourth-order valence-electron chi connectivity index (χ4n) is 2.20. The van der Waals surface area contributed by atoms with E-state index in [2.05, 4.69) is 9.47 Å². The van der Waals surface area contributed by atoms with Gasteiger partial charge in [0, 0.05) is 24.2 Å². The number of unbranched alkanes of at least 4 members (excludes halogenated alkanes) is 5. The molecule has 0 spiro atoms. The zero-order chi connectivity index (χ0) is 16.8. The highest BCUT2D eigenvalue weighted by molar-refractivity contribution is 5.69. The Morgan fingerprint density at radius 2 is 1.36 bits per heavy atom. The van der Waals surface area contributed by atoms with Crippen molar-refractivity contribution in [3.63, 3.8) is 0 Å². The molecular formula is C15H27NO6. The first-order chi connectivity index (χ1) is 10.5. The highest BCUT2D eigenvalue weighted by Gasteiger charge is 2.20. The standard InChI is InChI=1S/C15H27NO6/c1-21-14(17)10-8-6-4-3-5-7-9-13(16(19)20)11-12-15(18)22-2/h13H,3-12H2,1-2H3. The summed E-state index contributed by atoms with van der Waals surface area (Å²) in [6.45, 7) is 0. The minimum absolute atomic E-state index is 0.0929. The van der Waals surface area contributed by atoms with Crippen molar-refractivity contribution in [2.24, 2.45) is 0 Å². The molecule has 0 aliphatic carbocycles. The Labute approximate surface area is 131 Å². The minimum atomic E-state index is -0.668. The van der Waals surface area contributed by atoms with Crippen molar-refractivity contribution in [3.8, 4) is 0 Å². The lowest BCUT2D eigenvalue weighted by Gasteiger charge is -2.08. The van der Waals surface area contributed by atoms with E-state index in [1.807, 2.05) is 0 Å². The molecule has 0 rings (SSSR count). The number of esters is 2. The van der Waals surface area contributed by atoms with Crippen LogP contribution in [-0.2, 0) is 19.1 Å². The summed E-state index contributed by atoms with van der Waals surface area (Å²) >= 11 is 0. The predicted molar refractivity (Wildman–Crippen MR) is 81.0 cm³/mol. The van der Waals surface area contributed by atoms with Gasteiger partial charge in [-0.25, -0.2) is 0 Å². The number of nitrogens with zero attached hydrogens (tertiary/aromatic N) is 1. The van der Waals surface area contributed by atoms with Crippen LogP contribution in [0, 0.1) is 10.1 Å². The fourth-order valence-corrected chi connectivity index (χ4v) is 2.20. The summed E-state index contributed by atoms with van der Waals surface area (Å²) in [5.74, 6) is -0.586. The number of ether oxygens (including phenoxy) is 2. The monoisotopic (exact) mass is 317 g/mol. The molecule has 0 fully saturated rings. The Balaban J connectivity index is 3.62. The molecule has 0 saturated carbocycles. The highest BCUT2D eigenvalue weighted by Crippen LogP contribution is 2.14. The average Bonchev–Trinajstić information content (AvgIpc) is 2.51. The van der Waals surface area contributed by atoms with Gasteiger partial charge in [0.2, 0.25) is 6.04 Å². The van der Waals surface area contributed by atoms with Crippen LogP contribution >= 0.6 is 0 Å². The lowest BCUT2D eigenvalue weighted by molar-refractivity contribution is -0.524. The van der Waals surface area contributed by atoms with Crippen molar-refractivity contribution in [1.29, 1.82) is 0 Å². The zero-order valence-electron chi connectivity index (χ0n) is 13.5. The van der Waals surface area contributed by atoms with Crippen molar-refractivity contribution in [2.75, 3.05) is 14.2 Å². The summed E-state index contributed by atoms with van der Waals surface area (Å²) in [6, 6.07) is -0.668. The summed E-state index contributed by atoms with van der Waals surface area (Å²) in [6.07, 6.45) is 6.79. The molecule has 0 heterocycles. The van der Waals surface area contributed by atoms with Gasteiger partial charge >= 0.3 is 11.9 Å². The fraction of sp³-hybridized carbons (Fsp3) is 0.867. The molecule has 0 amide bonds. The molecule has 22 heavy (non-hydrogen) atoms. The second kappa shape index (κ2) is 13.0. The van der Waals surface area contributed by atoms with Crippen molar-refractivity contribution in [3.05, 3.63) is 10.1 Å². The van der Waals surface area contributed by atoms with Gasteiger partial charge in [0.25, 0.3) is 0 Å². The second-order valence-corrected chi connectivity index (χ2v) is 5.29. The maximum absolute atomic E-state index is 11.0. The summed E-state index contributed by atoms with van der Waals surface area (Å²) in [5, 5.41) is 10.9. The van der Waals surface area contributed by atoms with Gasteiger partial charge in [-0.05, 0) is 12.8 Å². The average molecular weight is 317 g/mol. The lowest BCUT2D eigenvalue weighted by atomic mass is 10.0. The number of methoxy groups -OCH3 is 2. The first-order valence-electron chi connectivity index (χ1n) is 7.78. The van der Waals surface area contributed by atoms with Crippen LogP contribution in [-0.4, -0.2) is 37.1 Å². The molecule has 0 saturated heterocycles. The van der Waals surface area contributed by atoms with E-state index in [9.17, 15) is 19.7 Å². The van der Waals surface area contributed by atoms with Gasteiger partial charge in [0.1, 0.15) is 0 Å². The Kier molecular flexibility index (Phi) is 12.1. The van der Waals surface area contributed by atoms with E-state index in [4.69, 9.17) is 0 Å². The van der Waals surface area contributed by atoms with E-state index < -0.39 is 12.0 Å². The van der Waals surface area contributed by atoms with Crippen molar-refractivity contribution in [2.45, 2.75) is 70.3 Å². The Bertz CT molecular complexity index is 345. The van der Waals surface area contributed by atoms with E-state index in [1.54, 1.807) is 0 Å². The molecular weight excluding hydrogens is 290 g/mol. The van der Waals surface area contributed by atoms with Gasteiger partial charge in [-0.15, -0.1) is 0 Å². The molecule has 0 aromatic carbocycles. The number of hydrogen-bond acceptors (Lipinski definition) is 6. The molecule has 0 N–H and O–H groups in total. The van der Waals surface area contributed by atoms with Crippen LogP contribution in [0.4, 0.5) is 0 Å². The van der Waals surface area contributed by atoms with Gasteiger partial charge in [0.05, 0.1) is 20.6 Å². The molecule has 0 bridgehead atoms. The summed E-state index contributed by atoms with van der Waals surface area (Å²) in [5.41, 5.74) is 0. The molecule has 7 heteroatoms. The Morgan fingerprint density at radius 1 is 0.864 bits per heavy atom. The first-order valence-corrected chi connectivity index (χ1v) is 7.78. The quantitative estimate of drug-likeness (QED) is 0.224. The summed E-state index contributed by atoms with van der Waals surface area (Å²) in [4.78, 5) is 32.5. The molecule has 1 atom stereocenters. The SMILES string of the molecule is COC(=O)CCCCCCCCC(CCC(=O)OC)[N+](=O)[O-]. The molecule has 7 nitrogen and oxygen atoms in total. The zero-order valence-corrected chi connectivity index (χ0v) is 13.5. The van der Waals surface area contributed by atoms with E-state index in [-0.39, 0.29) is 23.7 Å². The third-order valence-corrected chi connectivity index (χ3v) is 3.60. The van der Waals surface area contributed by atoms with Gasteiger partial charge in [0.15, 0.2) is 0 Å². The van der Waals surface area contributed by atoms with Crippen LogP contribution in [0.15, 0.2) is 0 Å². The third kappa shape index (κ3) is 11.0. The number of hydrogen-bond donors (Lipinski definition) is 0. The maximum atomic E-state index is 11.0. The largest absolute Gasteiger partial charge is 0.469 e. The highest BCUT2D eigenvalue weighted by atomic mass is 16.6. The normalized spacial score (nSPS) is 11.7. The van der Waals surface area contributed by atoms with Gasteiger partial charge < -0.3 is 9.47 Å². The molecule has 0 aromatic rings. The number of carbonyl (C=O) groups is 2. The van der Waals surface area contributed by atoms with Crippen LogP contribution in [0.1, 0.15) is 64.2 Å². The maximum Gasteiger partial charge on any atom is 0.305 e. The number of rotatable bonds is 13. The lowest BCUT2D eigenvalue weighted by Crippen LogP contribution is -2.21. The molecule has 1 unspecified atom stereocenters. The Hall–Kier alpha value is -1.66. The predicted octanol–water partition coefficient (Wildman–Crippen LogP) is 2.88. The molecule has 0 aliphatic heterocycles. The summed E-state index contributed by atoms with van der Waals surface area (Å²) in [7, 11) is 2.66. The second-order valence-electron chi connectivity index (χ2n) is 5.29. The minimum Gasteiger partial charge on any atom is -0.469 e. The van der Waals surface area contributed by atoms with Gasteiger partial charge in [-0.1, -0.05) is 25.7 Å².